The van der Waals surface area contributed by atoms with Crippen molar-refractivity contribution in [1.29, 1.82) is 0 Å². The molecule has 0 aliphatic rings. The molecule has 35 heavy (non-hydrogen) atoms. The molecule has 178 valence electrons. The lowest BCUT2D eigenvalue weighted by Gasteiger charge is -2.08. The number of carbonyl (C=O) groups is 1. The minimum Gasteiger partial charge on any atom is -0.312 e. The largest absolute Gasteiger partial charge is 0.312 e. The number of benzene rings is 3. The van der Waals surface area contributed by atoms with E-state index >= 15 is 0 Å². The minimum atomic E-state index is -4.00. The van der Waals surface area contributed by atoms with Crippen LogP contribution in [0.4, 0.5) is 15.8 Å². The Morgan fingerprint density at radius 2 is 1.91 bits per heavy atom. The number of hydrogen-bond acceptors (Lipinski definition) is 6. The molecule has 0 radical (unpaired) electrons. The molecule has 0 fully saturated rings. The van der Waals surface area contributed by atoms with Gasteiger partial charge >= 0.3 is 0 Å². The summed E-state index contributed by atoms with van der Waals surface area (Å²) < 4.78 is 42.9. The van der Waals surface area contributed by atoms with Crippen LogP contribution in [0.25, 0.3) is 10.2 Å². The third kappa shape index (κ3) is 5.18. The summed E-state index contributed by atoms with van der Waals surface area (Å²) in [7, 11) is -4.00. The zero-order valence-corrected chi connectivity index (χ0v) is 19.6. The number of nitrogens with one attached hydrogen (secondary N) is 1. The maximum Gasteiger partial charge on any atom is 0.279 e. The molecular formula is C23H17FN4O5S2. The first kappa shape index (κ1) is 24.0. The highest BCUT2D eigenvalue weighted by atomic mass is 32.2. The van der Waals surface area contributed by atoms with E-state index in [0.29, 0.717) is 21.6 Å². The predicted octanol–water partition coefficient (Wildman–Crippen LogP) is 4.48. The van der Waals surface area contributed by atoms with E-state index < -0.39 is 26.7 Å². The molecule has 0 unspecified atom stereocenters. The number of sulfonamides is 1. The van der Waals surface area contributed by atoms with Gasteiger partial charge in [0, 0.05) is 29.9 Å². The zero-order valence-electron chi connectivity index (χ0n) is 17.9. The lowest BCUT2D eigenvalue weighted by Crippen LogP contribution is -2.16. The summed E-state index contributed by atoms with van der Waals surface area (Å²) in [6.45, 7) is 4.03. The van der Waals surface area contributed by atoms with Gasteiger partial charge in [0.2, 0.25) is 0 Å². The first-order valence-electron chi connectivity index (χ1n) is 10.0. The lowest BCUT2D eigenvalue weighted by molar-refractivity contribution is -0.384. The molecule has 4 rings (SSSR count). The number of nitrogens with zero attached hydrogens (tertiary/aromatic N) is 3. The van der Waals surface area contributed by atoms with E-state index in [2.05, 4.69) is 16.3 Å². The van der Waals surface area contributed by atoms with Crippen molar-refractivity contribution in [2.24, 2.45) is 4.99 Å². The van der Waals surface area contributed by atoms with Crippen LogP contribution in [-0.2, 0) is 16.6 Å². The fourth-order valence-electron chi connectivity index (χ4n) is 3.26. The lowest BCUT2D eigenvalue weighted by atomic mass is 10.2. The molecule has 4 aromatic rings. The molecule has 1 aromatic heterocycles. The van der Waals surface area contributed by atoms with Crippen LogP contribution < -0.4 is 9.52 Å². The molecule has 0 saturated heterocycles. The van der Waals surface area contributed by atoms with Crippen molar-refractivity contribution in [3.63, 3.8) is 0 Å². The van der Waals surface area contributed by atoms with Gasteiger partial charge in [-0.05, 0) is 48.5 Å². The highest BCUT2D eigenvalue weighted by Gasteiger charge is 2.16. The number of non-ortho nitro benzene ring substituents is 1. The second-order valence-corrected chi connectivity index (χ2v) is 9.94. The molecular weight excluding hydrogens is 495 g/mol. The number of nitro benzene ring substituents is 1. The standard InChI is InChI=1S/C23H17FN4O5S2/c1-2-12-27-20-11-8-18(28(30)31)14-21(20)34-23(27)25-22(29)15-4-3-5-17(13-15)26-35(32,33)19-9-6-16(24)7-10-19/h2-11,13-14,26H,1,12H2. The van der Waals surface area contributed by atoms with Crippen LogP contribution >= 0.6 is 11.3 Å². The van der Waals surface area contributed by atoms with Crippen LogP contribution in [0.1, 0.15) is 10.4 Å². The van der Waals surface area contributed by atoms with E-state index in [1.165, 1.54) is 36.4 Å². The molecule has 0 aliphatic carbocycles. The third-order valence-electron chi connectivity index (χ3n) is 4.87. The number of hydrogen-bond donors (Lipinski definition) is 1. The van der Waals surface area contributed by atoms with E-state index in [1.54, 1.807) is 16.7 Å². The number of amides is 1. The Morgan fingerprint density at radius 3 is 2.60 bits per heavy atom. The Hall–Kier alpha value is -4.16. The Morgan fingerprint density at radius 1 is 1.17 bits per heavy atom. The van der Waals surface area contributed by atoms with Gasteiger partial charge in [-0.2, -0.15) is 4.99 Å². The number of anilines is 1. The molecule has 1 amide bonds. The van der Waals surface area contributed by atoms with Crippen molar-refractivity contribution in [2.45, 2.75) is 11.4 Å². The van der Waals surface area contributed by atoms with Crippen LogP contribution in [0, 0.1) is 15.9 Å². The van der Waals surface area contributed by atoms with Crippen molar-refractivity contribution in [2.75, 3.05) is 4.72 Å². The van der Waals surface area contributed by atoms with E-state index in [0.717, 1.165) is 35.6 Å². The van der Waals surface area contributed by atoms with Gasteiger partial charge in [-0.3, -0.25) is 19.6 Å². The number of rotatable bonds is 7. The van der Waals surface area contributed by atoms with Gasteiger partial charge in [-0.25, -0.2) is 12.8 Å². The van der Waals surface area contributed by atoms with Crippen LogP contribution in [-0.4, -0.2) is 23.8 Å². The quantitative estimate of drug-likeness (QED) is 0.222. The number of halogens is 1. The fraction of sp³-hybridized carbons (Fsp3) is 0.0435. The van der Waals surface area contributed by atoms with Crippen LogP contribution in [0.2, 0.25) is 0 Å². The number of thiazole rings is 1. The number of aromatic nitrogens is 1. The summed E-state index contributed by atoms with van der Waals surface area (Å²) in [6, 6.07) is 14.5. The van der Waals surface area contributed by atoms with Crippen molar-refractivity contribution in [1.82, 2.24) is 4.57 Å². The summed E-state index contributed by atoms with van der Waals surface area (Å²) in [5, 5.41) is 11.1. The first-order chi connectivity index (χ1) is 16.7. The van der Waals surface area contributed by atoms with Crippen LogP contribution in [0.3, 0.4) is 0 Å². The average molecular weight is 513 g/mol. The minimum absolute atomic E-state index is 0.0801. The first-order valence-corrected chi connectivity index (χ1v) is 12.3. The van der Waals surface area contributed by atoms with E-state index in [1.807, 2.05) is 0 Å². The summed E-state index contributed by atoms with van der Waals surface area (Å²) >= 11 is 1.11. The number of fused-ring (bicyclic) bond motifs is 1. The fourth-order valence-corrected chi connectivity index (χ4v) is 5.38. The van der Waals surface area contributed by atoms with Gasteiger partial charge in [0.05, 0.1) is 20.0 Å². The summed E-state index contributed by atoms with van der Waals surface area (Å²) in [6.07, 6.45) is 1.61. The predicted molar refractivity (Wildman–Crippen MR) is 130 cm³/mol. The molecule has 9 nitrogen and oxygen atoms in total. The van der Waals surface area contributed by atoms with Crippen molar-refractivity contribution in [3.8, 4) is 0 Å². The molecule has 0 atom stereocenters. The van der Waals surface area contributed by atoms with Gasteiger partial charge in [0.1, 0.15) is 5.82 Å². The Balaban J connectivity index is 1.68. The van der Waals surface area contributed by atoms with Gasteiger partial charge in [-0.15, -0.1) is 6.58 Å². The molecule has 0 spiro atoms. The topological polar surface area (TPSA) is 124 Å². The molecule has 3 aromatic carbocycles. The second-order valence-electron chi connectivity index (χ2n) is 7.25. The van der Waals surface area contributed by atoms with Crippen molar-refractivity contribution >= 4 is 48.9 Å². The number of nitro groups is 1. The maximum absolute atomic E-state index is 13.1. The van der Waals surface area contributed by atoms with Crippen molar-refractivity contribution in [3.05, 3.63) is 106 Å². The number of allylic oxidation sites excluding steroid dienone is 1. The normalized spacial score (nSPS) is 12.0. The molecule has 0 saturated carbocycles. The van der Waals surface area contributed by atoms with E-state index in [-0.39, 0.29) is 21.8 Å². The Labute approximate surface area is 202 Å². The van der Waals surface area contributed by atoms with Crippen LogP contribution in [0.15, 0.2) is 89.3 Å². The molecule has 1 N–H and O–H groups in total. The monoisotopic (exact) mass is 512 g/mol. The van der Waals surface area contributed by atoms with Gasteiger partial charge < -0.3 is 4.57 Å². The van der Waals surface area contributed by atoms with E-state index in [9.17, 15) is 27.7 Å². The zero-order chi connectivity index (χ0) is 25.2. The smallest absolute Gasteiger partial charge is 0.279 e. The molecule has 0 aliphatic heterocycles. The SMILES string of the molecule is C=CCn1c(=NC(=O)c2cccc(NS(=O)(=O)c3ccc(F)cc3)c2)sc2cc([N+](=O)[O-])ccc21. The van der Waals surface area contributed by atoms with Crippen LogP contribution in [0.5, 0.6) is 0 Å². The van der Waals surface area contributed by atoms with E-state index in [4.69, 9.17) is 0 Å². The Kier molecular flexibility index (Phi) is 6.58. The Bertz CT molecular complexity index is 1640. The average Bonchev–Trinajstić information content (AvgIpc) is 3.15. The molecule has 0 bridgehead atoms. The van der Waals surface area contributed by atoms with Crippen molar-refractivity contribution < 1.29 is 22.5 Å². The second kappa shape index (κ2) is 9.60. The summed E-state index contributed by atoms with van der Waals surface area (Å²) in [4.78, 5) is 27.9. The highest BCUT2D eigenvalue weighted by Crippen LogP contribution is 2.24. The highest BCUT2D eigenvalue weighted by molar-refractivity contribution is 7.92. The summed E-state index contributed by atoms with van der Waals surface area (Å²) in [5.41, 5.74) is 0.829. The third-order valence-corrected chi connectivity index (χ3v) is 7.31. The maximum atomic E-state index is 13.1. The van der Waals surface area contributed by atoms with Gasteiger partial charge in [-0.1, -0.05) is 23.5 Å². The number of carbonyl (C=O) groups excluding carboxylic acids is 1. The van der Waals surface area contributed by atoms with Gasteiger partial charge in [0.25, 0.3) is 21.6 Å². The summed E-state index contributed by atoms with van der Waals surface area (Å²) in [5.74, 6) is -1.20. The van der Waals surface area contributed by atoms with Gasteiger partial charge in [0.15, 0.2) is 4.80 Å². The molecule has 12 heteroatoms. The molecule has 1 heterocycles.